The minimum Gasteiger partial charge on any atom is -0.497 e. The molecule has 1 atom stereocenters. The van der Waals surface area contributed by atoms with Gasteiger partial charge in [-0.1, -0.05) is 0 Å². The number of amides is 3. The summed E-state index contributed by atoms with van der Waals surface area (Å²) in [6.45, 7) is 1.55. The number of primary amides is 1. The van der Waals surface area contributed by atoms with Crippen LogP contribution in [-0.4, -0.2) is 49.7 Å². The van der Waals surface area contributed by atoms with Gasteiger partial charge in [0.25, 0.3) is 0 Å². The van der Waals surface area contributed by atoms with Crippen LogP contribution < -0.4 is 20.5 Å². The molecule has 0 aliphatic carbocycles. The number of fused-ring (bicyclic) bond motifs is 1. The Balaban J connectivity index is 1.55. The molecule has 0 radical (unpaired) electrons. The van der Waals surface area contributed by atoms with E-state index in [1.54, 1.807) is 12.0 Å². The summed E-state index contributed by atoms with van der Waals surface area (Å²) < 4.78 is 11.0. The second-order valence-corrected chi connectivity index (χ2v) is 6.30. The molecule has 0 bridgehead atoms. The summed E-state index contributed by atoms with van der Waals surface area (Å²) in [6, 6.07) is 5.50. The topological polar surface area (TPSA) is 93.9 Å². The molecule has 1 aromatic rings. The number of carbonyl (C=O) groups excluding carboxylic acids is 2. The van der Waals surface area contributed by atoms with Gasteiger partial charge in [0.2, 0.25) is 5.91 Å². The third kappa shape index (κ3) is 3.55. The van der Waals surface area contributed by atoms with Crippen LogP contribution in [0, 0.1) is 5.92 Å². The highest BCUT2D eigenvalue weighted by atomic mass is 16.5. The molecule has 0 aromatic heterocycles. The monoisotopic (exact) mass is 333 g/mol. The highest BCUT2D eigenvalue weighted by Gasteiger charge is 2.28. The molecule has 1 unspecified atom stereocenters. The Morgan fingerprint density at radius 1 is 1.33 bits per heavy atom. The van der Waals surface area contributed by atoms with E-state index in [0.29, 0.717) is 39.0 Å². The highest BCUT2D eigenvalue weighted by Crippen LogP contribution is 2.28. The van der Waals surface area contributed by atoms with Crippen molar-refractivity contribution in [2.24, 2.45) is 11.7 Å². The number of methoxy groups -OCH3 is 1. The molecule has 1 aromatic carbocycles. The van der Waals surface area contributed by atoms with Gasteiger partial charge in [0.1, 0.15) is 18.1 Å². The lowest BCUT2D eigenvalue weighted by Crippen LogP contribution is -2.51. The van der Waals surface area contributed by atoms with Crippen LogP contribution in [-0.2, 0) is 11.2 Å². The van der Waals surface area contributed by atoms with E-state index in [-0.39, 0.29) is 23.9 Å². The number of benzene rings is 1. The summed E-state index contributed by atoms with van der Waals surface area (Å²) in [5, 5.41) is 3.02. The van der Waals surface area contributed by atoms with Gasteiger partial charge in [-0.25, -0.2) is 4.79 Å². The number of likely N-dealkylation sites (tertiary alicyclic amines) is 1. The highest BCUT2D eigenvalue weighted by molar-refractivity contribution is 5.78. The number of piperidine rings is 1. The van der Waals surface area contributed by atoms with Crippen LogP contribution in [0.5, 0.6) is 11.5 Å². The molecule has 7 nitrogen and oxygen atoms in total. The van der Waals surface area contributed by atoms with Crippen molar-refractivity contribution in [2.45, 2.75) is 25.3 Å². The predicted molar refractivity (Wildman–Crippen MR) is 88.0 cm³/mol. The van der Waals surface area contributed by atoms with Crippen LogP contribution in [0.1, 0.15) is 18.4 Å². The normalized spacial score (nSPS) is 20.7. The van der Waals surface area contributed by atoms with E-state index in [2.05, 4.69) is 5.32 Å². The first kappa shape index (κ1) is 16.4. The standard InChI is InChI=1S/C17H23N3O4/c1-23-14-2-3-15-12(9-14)8-13(10-24-15)19-17(22)20-6-4-11(5-7-20)16(18)21/h2-3,9,11,13H,4-8,10H2,1H3,(H2,18,21)(H,19,22). The van der Waals surface area contributed by atoms with Gasteiger partial charge in [-0.2, -0.15) is 0 Å². The van der Waals surface area contributed by atoms with Gasteiger partial charge in [-0.3, -0.25) is 4.79 Å². The number of nitrogens with one attached hydrogen (secondary N) is 1. The van der Waals surface area contributed by atoms with E-state index in [4.69, 9.17) is 15.2 Å². The maximum Gasteiger partial charge on any atom is 0.317 e. The summed E-state index contributed by atoms with van der Waals surface area (Å²) in [5.41, 5.74) is 6.35. The number of rotatable bonds is 3. The van der Waals surface area contributed by atoms with Crippen molar-refractivity contribution in [2.75, 3.05) is 26.8 Å². The number of carbonyl (C=O) groups is 2. The van der Waals surface area contributed by atoms with Crippen LogP contribution in [0.4, 0.5) is 4.79 Å². The third-order valence-corrected chi connectivity index (χ3v) is 4.69. The minimum atomic E-state index is -0.277. The van der Waals surface area contributed by atoms with Gasteiger partial charge in [0.05, 0.1) is 13.2 Å². The Kier molecular flexibility index (Phi) is 4.78. The Morgan fingerprint density at radius 3 is 2.75 bits per heavy atom. The van der Waals surface area contributed by atoms with Gasteiger partial charge >= 0.3 is 6.03 Å². The second kappa shape index (κ2) is 6.98. The maximum absolute atomic E-state index is 12.4. The Labute approximate surface area is 141 Å². The van der Waals surface area contributed by atoms with E-state index in [1.807, 2.05) is 18.2 Å². The lowest BCUT2D eigenvalue weighted by molar-refractivity contribution is -0.123. The molecular weight excluding hydrogens is 310 g/mol. The number of ether oxygens (including phenoxy) is 2. The van der Waals surface area contributed by atoms with Crippen molar-refractivity contribution in [1.82, 2.24) is 10.2 Å². The van der Waals surface area contributed by atoms with Gasteiger partial charge in [-0.05, 0) is 43.0 Å². The van der Waals surface area contributed by atoms with E-state index in [0.717, 1.165) is 17.1 Å². The largest absolute Gasteiger partial charge is 0.497 e. The lowest BCUT2D eigenvalue weighted by Gasteiger charge is -2.33. The summed E-state index contributed by atoms with van der Waals surface area (Å²) in [5.74, 6) is 1.22. The fourth-order valence-corrected chi connectivity index (χ4v) is 3.22. The number of hydrogen-bond acceptors (Lipinski definition) is 4. The SMILES string of the molecule is COc1ccc2c(c1)CC(NC(=O)N1CCC(C(N)=O)CC1)CO2. The predicted octanol–water partition coefficient (Wildman–Crippen LogP) is 0.906. The molecule has 130 valence electrons. The number of nitrogens with two attached hydrogens (primary N) is 1. The zero-order valence-corrected chi connectivity index (χ0v) is 13.8. The first-order valence-corrected chi connectivity index (χ1v) is 8.21. The van der Waals surface area contributed by atoms with Gasteiger partial charge < -0.3 is 25.4 Å². The number of nitrogens with zero attached hydrogens (tertiary/aromatic N) is 1. The second-order valence-electron chi connectivity index (χ2n) is 6.30. The molecule has 3 rings (SSSR count). The summed E-state index contributed by atoms with van der Waals surface area (Å²) in [7, 11) is 1.63. The zero-order valence-electron chi connectivity index (χ0n) is 13.8. The fraction of sp³-hybridized carbons (Fsp3) is 0.529. The fourth-order valence-electron chi connectivity index (χ4n) is 3.22. The van der Waals surface area contributed by atoms with Crippen molar-refractivity contribution in [1.29, 1.82) is 0 Å². The van der Waals surface area contributed by atoms with E-state index in [1.165, 1.54) is 0 Å². The Morgan fingerprint density at radius 2 is 2.08 bits per heavy atom. The molecule has 2 heterocycles. The van der Waals surface area contributed by atoms with Gasteiger partial charge in [0, 0.05) is 19.0 Å². The van der Waals surface area contributed by atoms with Crippen molar-refractivity contribution in [3.63, 3.8) is 0 Å². The Hall–Kier alpha value is -2.44. The van der Waals surface area contributed by atoms with Crippen LogP contribution >= 0.6 is 0 Å². The molecule has 24 heavy (non-hydrogen) atoms. The lowest BCUT2D eigenvalue weighted by atomic mass is 9.96. The van der Waals surface area contributed by atoms with Crippen LogP contribution in [0.3, 0.4) is 0 Å². The summed E-state index contributed by atoms with van der Waals surface area (Å²) in [4.78, 5) is 25.3. The first-order chi connectivity index (χ1) is 11.6. The van der Waals surface area contributed by atoms with Crippen molar-refractivity contribution >= 4 is 11.9 Å². The molecule has 3 N–H and O–H groups in total. The molecule has 2 aliphatic heterocycles. The Bertz CT molecular complexity index is 626. The van der Waals surface area contributed by atoms with Crippen LogP contribution in [0.2, 0.25) is 0 Å². The van der Waals surface area contributed by atoms with Crippen molar-refractivity contribution < 1.29 is 19.1 Å². The molecule has 0 spiro atoms. The molecule has 3 amide bonds. The number of urea groups is 1. The van der Waals surface area contributed by atoms with E-state index < -0.39 is 0 Å². The average molecular weight is 333 g/mol. The molecule has 1 fully saturated rings. The van der Waals surface area contributed by atoms with E-state index >= 15 is 0 Å². The first-order valence-electron chi connectivity index (χ1n) is 8.21. The number of hydrogen-bond donors (Lipinski definition) is 2. The quantitative estimate of drug-likeness (QED) is 0.859. The van der Waals surface area contributed by atoms with Crippen LogP contribution in [0.15, 0.2) is 18.2 Å². The molecule has 2 aliphatic rings. The smallest absolute Gasteiger partial charge is 0.317 e. The summed E-state index contributed by atoms with van der Waals surface area (Å²) in [6.07, 6.45) is 1.96. The van der Waals surface area contributed by atoms with Gasteiger partial charge in [-0.15, -0.1) is 0 Å². The minimum absolute atomic E-state index is 0.0778. The molecular formula is C17H23N3O4. The van der Waals surface area contributed by atoms with Crippen LogP contribution in [0.25, 0.3) is 0 Å². The average Bonchev–Trinajstić information content (AvgIpc) is 2.61. The molecule has 0 saturated carbocycles. The zero-order chi connectivity index (χ0) is 17.1. The maximum atomic E-state index is 12.4. The summed E-state index contributed by atoms with van der Waals surface area (Å²) >= 11 is 0. The van der Waals surface area contributed by atoms with Crippen molar-refractivity contribution in [3.8, 4) is 11.5 Å². The van der Waals surface area contributed by atoms with Gasteiger partial charge in [0.15, 0.2) is 0 Å². The molecule has 1 saturated heterocycles. The third-order valence-electron chi connectivity index (χ3n) is 4.69. The van der Waals surface area contributed by atoms with E-state index in [9.17, 15) is 9.59 Å². The molecule has 7 heteroatoms. The van der Waals surface area contributed by atoms with Crippen molar-refractivity contribution in [3.05, 3.63) is 23.8 Å².